The third-order valence-corrected chi connectivity index (χ3v) is 8.17. The fourth-order valence-electron chi connectivity index (χ4n) is 5.38. The highest BCUT2D eigenvalue weighted by Crippen LogP contribution is 2.46. The molecule has 3 heterocycles. The maximum atomic E-state index is 13.8. The van der Waals surface area contributed by atoms with Gasteiger partial charge in [-0.1, -0.05) is 48.2 Å². The Morgan fingerprint density at radius 1 is 0.949 bits per heavy atom. The Labute approximate surface area is 230 Å². The zero-order valence-electron chi connectivity index (χ0n) is 21.5. The summed E-state index contributed by atoms with van der Waals surface area (Å²) in [5.74, 6) is -2.66. The monoisotopic (exact) mass is 567 g/mol. The molecule has 12 heteroatoms. The lowest BCUT2D eigenvalue weighted by Gasteiger charge is -2.14. The van der Waals surface area contributed by atoms with Crippen molar-refractivity contribution < 1.29 is 22.3 Å². The average molecular weight is 568 g/mol. The lowest BCUT2D eigenvalue weighted by molar-refractivity contribution is -0.164. The van der Waals surface area contributed by atoms with Crippen LogP contribution in [0.25, 0.3) is 21.8 Å². The van der Waals surface area contributed by atoms with Gasteiger partial charge in [0.05, 0.1) is 18.1 Å². The number of para-hydroxylation sites is 2. The Bertz CT molecular complexity index is 1710. The number of aryl methyl sites for hydroxylation is 2. The van der Waals surface area contributed by atoms with E-state index < -0.39 is 33.8 Å². The number of fused-ring (bicyclic) bond motifs is 2. The van der Waals surface area contributed by atoms with Crippen LogP contribution >= 0.6 is 11.8 Å². The second kappa shape index (κ2) is 10.5. The third-order valence-electron chi connectivity index (χ3n) is 6.94. The van der Waals surface area contributed by atoms with Gasteiger partial charge in [-0.15, -0.1) is 9.35 Å². The molecule has 39 heavy (non-hydrogen) atoms. The summed E-state index contributed by atoms with van der Waals surface area (Å²) < 4.78 is 32.9. The van der Waals surface area contributed by atoms with Crippen LogP contribution < -0.4 is 5.73 Å². The number of nitrogens with two attached hydrogens (primary N) is 1. The number of carbonyl (C=O) groups excluding carboxylic acids is 2. The number of carbonyl (C=O) groups is 2. The molecule has 2 unspecified atom stereocenters. The molecule has 1 saturated heterocycles. The summed E-state index contributed by atoms with van der Waals surface area (Å²) >= 11 is 1.30. The molecule has 1 aliphatic rings. The number of amides is 2. The fraction of sp³-hybridized carbons (Fsp3) is 0.296. The summed E-state index contributed by atoms with van der Waals surface area (Å²) in [7, 11) is -2.27. The van der Waals surface area contributed by atoms with Gasteiger partial charge in [-0.2, -0.15) is 8.42 Å². The molecule has 3 N–H and O–H groups in total. The molecule has 0 radical (unpaired) electrons. The van der Waals surface area contributed by atoms with Crippen molar-refractivity contribution in [2.24, 2.45) is 12.8 Å². The SMILES string of the molecule is Cn1cc(C2C(=O)N(OS(C)(=O)=O)C(=O)C2c2cn(CCCCSC(=N)N)c3ccccc23)c2ccccc21. The molecular formula is C27H29N5O5S2. The van der Waals surface area contributed by atoms with Crippen LogP contribution in [0.3, 0.4) is 0 Å². The third kappa shape index (κ3) is 5.19. The largest absolute Gasteiger partial charge is 0.379 e. The van der Waals surface area contributed by atoms with Crippen LogP contribution in [0.15, 0.2) is 60.9 Å². The molecule has 4 aromatic rings. The van der Waals surface area contributed by atoms with Crippen LogP contribution in [0.4, 0.5) is 0 Å². The van der Waals surface area contributed by atoms with Crippen molar-refractivity contribution in [3.63, 3.8) is 0 Å². The molecule has 10 nitrogen and oxygen atoms in total. The van der Waals surface area contributed by atoms with Gasteiger partial charge in [-0.05, 0) is 36.1 Å². The number of hydrogen-bond acceptors (Lipinski definition) is 7. The molecule has 0 aliphatic carbocycles. The van der Waals surface area contributed by atoms with E-state index >= 15 is 0 Å². The van der Waals surface area contributed by atoms with Gasteiger partial charge in [0, 0.05) is 53.5 Å². The van der Waals surface area contributed by atoms with Crippen LogP contribution in [0.2, 0.25) is 0 Å². The minimum atomic E-state index is -4.13. The molecule has 1 aliphatic heterocycles. The van der Waals surface area contributed by atoms with E-state index in [0.717, 1.165) is 46.7 Å². The van der Waals surface area contributed by atoms with Gasteiger partial charge in [-0.25, -0.2) is 0 Å². The lowest BCUT2D eigenvalue weighted by atomic mass is 9.83. The van der Waals surface area contributed by atoms with E-state index in [9.17, 15) is 18.0 Å². The molecule has 2 atom stereocenters. The molecule has 204 valence electrons. The quantitative estimate of drug-likeness (QED) is 0.136. The zero-order valence-corrected chi connectivity index (χ0v) is 23.2. The fourth-order valence-corrected chi connectivity index (χ4v) is 6.36. The van der Waals surface area contributed by atoms with Gasteiger partial charge < -0.3 is 14.9 Å². The lowest BCUT2D eigenvalue weighted by Crippen LogP contribution is -2.33. The van der Waals surface area contributed by atoms with Gasteiger partial charge in [0.1, 0.15) is 0 Å². The summed E-state index contributed by atoms with van der Waals surface area (Å²) in [5.41, 5.74) is 8.50. The summed E-state index contributed by atoms with van der Waals surface area (Å²) in [5, 5.41) is 9.50. The summed E-state index contributed by atoms with van der Waals surface area (Å²) in [6.45, 7) is 0.663. The predicted molar refractivity (Wildman–Crippen MR) is 152 cm³/mol. The number of aromatic nitrogens is 2. The maximum absolute atomic E-state index is 13.8. The first kappa shape index (κ1) is 27.0. The number of thioether (sulfide) groups is 1. The average Bonchev–Trinajstić information content (AvgIpc) is 3.49. The van der Waals surface area contributed by atoms with Gasteiger partial charge in [-0.3, -0.25) is 15.0 Å². The van der Waals surface area contributed by atoms with Gasteiger partial charge in [0.15, 0.2) is 5.17 Å². The van der Waals surface area contributed by atoms with Crippen molar-refractivity contribution in [3.05, 3.63) is 72.1 Å². The Hall–Kier alpha value is -3.61. The first-order chi connectivity index (χ1) is 18.6. The minimum absolute atomic E-state index is 0.0912. The van der Waals surface area contributed by atoms with E-state index in [1.807, 2.05) is 72.5 Å². The Morgan fingerprint density at radius 2 is 1.51 bits per heavy atom. The highest BCUT2D eigenvalue weighted by atomic mass is 32.2. The first-order valence-corrected chi connectivity index (χ1v) is 15.2. The summed E-state index contributed by atoms with van der Waals surface area (Å²) in [6, 6.07) is 15.2. The molecule has 0 spiro atoms. The van der Waals surface area contributed by atoms with Gasteiger partial charge >= 0.3 is 0 Å². The van der Waals surface area contributed by atoms with Crippen molar-refractivity contribution in [2.45, 2.75) is 31.2 Å². The van der Waals surface area contributed by atoms with Crippen molar-refractivity contribution in [2.75, 3.05) is 12.0 Å². The van der Waals surface area contributed by atoms with Crippen LogP contribution in [0.1, 0.15) is 35.8 Å². The number of benzene rings is 2. The van der Waals surface area contributed by atoms with Crippen LogP contribution in [-0.4, -0.2) is 51.6 Å². The number of amidine groups is 1. The predicted octanol–water partition coefficient (Wildman–Crippen LogP) is 3.67. The number of nitrogens with zero attached hydrogens (tertiary/aromatic N) is 3. The summed E-state index contributed by atoms with van der Waals surface area (Å²) in [6.07, 6.45) is 6.20. The molecule has 2 aromatic carbocycles. The highest BCUT2D eigenvalue weighted by molar-refractivity contribution is 8.13. The number of nitrogens with one attached hydrogen (secondary N) is 1. The highest BCUT2D eigenvalue weighted by Gasteiger charge is 2.53. The molecule has 2 amide bonds. The van der Waals surface area contributed by atoms with Crippen molar-refractivity contribution >= 4 is 60.7 Å². The maximum Gasteiger partial charge on any atom is 0.285 e. The second-order valence-electron chi connectivity index (χ2n) is 9.63. The molecule has 0 saturated carbocycles. The van der Waals surface area contributed by atoms with Crippen LogP contribution in [0, 0.1) is 5.41 Å². The molecule has 1 fully saturated rings. The normalized spacial score (nSPS) is 18.1. The van der Waals surface area contributed by atoms with E-state index in [0.29, 0.717) is 22.7 Å². The van der Waals surface area contributed by atoms with E-state index in [1.54, 1.807) is 0 Å². The van der Waals surface area contributed by atoms with E-state index in [-0.39, 0.29) is 5.17 Å². The smallest absolute Gasteiger partial charge is 0.285 e. The molecular weight excluding hydrogens is 538 g/mol. The molecule has 0 bridgehead atoms. The Balaban J connectivity index is 1.61. The van der Waals surface area contributed by atoms with Gasteiger partial charge in [0.2, 0.25) is 0 Å². The number of unbranched alkanes of at least 4 members (excludes halogenated alkanes) is 1. The van der Waals surface area contributed by atoms with Crippen LogP contribution in [0.5, 0.6) is 0 Å². The Kier molecular flexibility index (Phi) is 7.27. The van der Waals surface area contributed by atoms with Crippen molar-refractivity contribution in [3.8, 4) is 0 Å². The second-order valence-corrected chi connectivity index (χ2v) is 12.3. The van der Waals surface area contributed by atoms with Crippen molar-refractivity contribution in [1.29, 1.82) is 5.41 Å². The summed E-state index contributed by atoms with van der Waals surface area (Å²) in [4.78, 5) is 27.5. The van der Waals surface area contributed by atoms with Crippen LogP contribution in [-0.2, 0) is 37.6 Å². The molecule has 2 aromatic heterocycles. The number of imide groups is 1. The minimum Gasteiger partial charge on any atom is -0.379 e. The van der Waals surface area contributed by atoms with Crippen molar-refractivity contribution in [1.82, 2.24) is 14.2 Å². The number of rotatable bonds is 9. The van der Waals surface area contributed by atoms with E-state index in [2.05, 4.69) is 4.57 Å². The standard InChI is InChI=1S/C27H29N5O5S2/c1-30-15-19(17-9-3-5-11-21(17)30)23-24(26(34)32(25(23)33)37-39(2,35)36)20-16-31(13-7-8-14-38-27(28)29)22-12-6-4-10-18(20)22/h3-6,9-12,15-16,23-24H,7-8,13-14H2,1-2H3,(H3,28,29). The molecule has 5 rings (SSSR count). The van der Waals surface area contributed by atoms with E-state index in [1.165, 1.54) is 11.8 Å². The first-order valence-electron chi connectivity index (χ1n) is 12.4. The Morgan fingerprint density at radius 3 is 2.13 bits per heavy atom. The number of hydrogen-bond donors (Lipinski definition) is 2. The topological polar surface area (TPSA) is 140 Å². The number of hydroxylamine groups is 2. The zero-order chi connectivity index (χ0) is 27.9. The van der Waals surface area contributed by atoms with E-state index in [4.69, 9.17) is 15.4 Å². The van der Waals surface area contributed by atoms with Gasteiger partial charge in [0.25, 0.3) is 21.9 Å².